The van der Waals surface area contributed by atoms with E-state index in [9.17, 15) is 4.79 Å². The number of hydrogen-bond acceptors (Lipinski definition) is 5. The summed E-state index contributed by atoms with van der Waals surface area (Å²) in [6, 6.07) is 2.03. The molecule has 1 aliphatic heterocycles. The standard InChI is InChI=1S/C25H42N4O3/c1-5-6-7-14-32-21-17-20(27-29(21)11-10-28-12-15-31-16-13-28)22(30)26-23-24(2,3)19-8-9-25(23,4)18-19/h17,19,23H,5-16,18H2,1-4H3,(H,26,30)/t19?,23-,25+/m1/s1. The molecule has 7 nitrogen and oxygen atoms in total. The van der Waals surface area contributed by atoms with Gasteiger partial charge in [-0.25, -0.2) is 4.68 Å². The molecule has 1 N–H and O–H groups in total. The molecule has 3 atom stereocenters. The molecule has 1 aromatic heterocycles. The molecule has 0 spiro atoms. The van der Waals surface area contributed by atoms with E-state index in [1.165, 1.54) is 19.3 Å². The summed E-state index contributed by atoms with van der Waals surface area (Å²) in [5.74, 6) is 1.33. The second-order valence-electron chi connectivity index (χ2n) is 10.9. The van der Waals surface area contributed by atoms with Crippen LogP contribution < -0.4 is 10.1 Å². The van der Waals surface area contributed by atoms with Crippen LogP contribution in [0.1, 0.15) is 76.7 Å². The number of carbonyl (C=O) groups is 1. The SMILES string of the molecule is CCCCCOc1cc(C(=O)N[C@@H]2C(C)(C)C3CC[C@@]2(C)C3)nn1CCN1CCOCC1. The van der Waals surface area contributed by atoms with Gasteiger partial charge in [-0.15, -0.1) is 0 Å². The minimum atomic E-state index is -0.0691. The monoisotopic (exact) mass is 446 g/mol. The highest BCUT2D eigenvalue weighted by Crippen LogP contribution is 2.62. The van der Waals surface area contributed by atoms with E-state index in [1.807, 2.05) is 10.7 Å². The van der Waals surface area contributed by atoms with Crippen molar-refractivity contribution in [2.45, 2.75) is 78.8 Å². The quantitative estimate of drug-likeness (QED) is 0.555. The Morgan fingerprint density at radius 2 is 2.03 bits per heavy atom. The third-order valence-corrected chi connectivity index (χ3v) is 8.25. The number of rotatable bonds is 10. The van der Waals surface area contributed by atoms with Gasteiger partial charge in [0.1, 0.15) is 0 Å². The van der Waals surface area contributed by atoms with Crippen LogP contribution in [-0.4, -0.2) is 66.1 Å². The Morgan fingerprint density at radius 3 is 2.72 bits per heavy atom. The minimum Gasteiger partial charge on any atom is -0.478 e. The summed E-state index contributed by atoms with van der Waals surface area (Å²) >= 11 is 0. The van der Waals surface area contributed by atoms with Crippen molar-refractivity contribution in [2.75, 3.05) is 39.5 Å². The van der Waals surface area contributed by atoms with Crippen molar-refractivity contribution < 1.29 is 14.3 Å². The van der Waals surface area contributed by atoms with Crippen LogP contribution in [0.5, 0.6) is 5.88 Å². The highest BCUT2D eigenvalue weighted by Gasteiger charge is 2.59. The number of carbonyl (C=O) groups excluding carboxylic acids is 1. The van der Waals surface area contributed by atoms with E-state index in [2.05, 4.69) is 43.0 Å². The fraction of sp³-hybridized carbons (Fsp3) is 0.840. The van der Waals surface area contributed by atoms with E-state index in [1.54, 1.807) is 0 Å². The molecule has 2 aliphatic carbocycles. The van der Waals surface area contributed by atoms with Crippen LogP contribution in [0.3, 0.4) is 0 Å². The van der Waals surface area contributed by atoms with Crippen LogP contribution in [0.2, 0.25) is 0 Å². The van der Waals surface area contributed by atoms with Gasteiger partial charge < -0.3 is 14.8 Å². The molecule has 3 aliphatic rings. The van der Waals surface area contributed by atoms with Crippen LogP contribution in [0.25, 0.3) is 0 Å². The zero-order valence-corrected chi connectivity index (χ0v) is 20.5. The molecular formula is C25H42N4O3. The Hall–Kier alpha value is -1.60. The predicted molar refractivity (Wildman–Crippen MR) is 125 cm³/mol. The fourth-order valence-corrected chi connectivity index (χ4v) is 6.24. The first-order chi connectivity index (χ1) is 15.3. The third-order valence-electron chi connectivity index (χ3n) is 8.25. The van der Waals surface area contributed by atoms with Crippen molar-refractivity contribution in [2.24, 2.45) is 16.7 Å². The lowest BCUT2D eigenvalue weighted by atomic mass is 9.68. The van der Waals surface area contributed by atoms with Crippen molar-refractivity contribution in [1.29, 1.82) is 0 Å². The van der Waals surface area contributed by atoms with Gasteiger partial charge in [-0.2, -0.15) is 5.10 Å². The molecule has 180 valence electrons. The highest BCUT2D eigenvalue weighted by molar-refractivity contribution is 5.93. The Bertz CT molecular complexity index is 781. The number of nitrogens with zero attached hydrogens (tertiary/aromatic N) is 3. The number of nitrogens with one attached hydrogen (secondary N) is 1. The molecule has 1 saturated heterocycles. The molecule has 7 heteroatoms. The van der Waals surface area contributed by atoms with E-state index < -0.39 is 0 Å². The molecule has 1 unspecified atom stereocenters. The number of hydrogen-bond donors (Lipinski definition) is 1. The third kappa shape index (κ3) is 4.84. The van der Waals surface area contributed by atoms with Crippen LogP contribution in [0, 0.1) is 16.7 Å². The van der Waals surface area contributed by atoms with E-state index in [4.69, 9.17) is 9.47 Å². The molecule has 0 aromatic carbocycles. The maximum atomic E-state index is 13.3. The first-order valence-electron chi connectivity index (χ1n) is 12.6. The summed E-state index contributed by atoms with van der Waals surface area (Å²) in [6.07, 6.45) is 7.01. The molecule has 32 heavy (non-hydrogen) atoms. The number of unbranched alkanes of at least 4 members (excludes halogenated alkanes) is 2. The van der Waals surface area contributed by atoms with Crippen molar-refractivity contribution in [3.8, 4) is 5.88 Å². The maximum absolute atomic E-state index is 13.3. The van der Waals surface area contributed by atoms with Crippen LogP contribution >= 0.6 is 0 Å². The zero-order chi connectivity index (χ0) is 22.8. The average Bonchev–Trinajstić information content (AvgIpc) is 3.42. The molecule has 2 heterocycles. The summed E-state index contributed by atoms with van der Waals surface area (Å²) in [4.78, 5) is 15.7. The van der Waals surface area contributed by atoms with Crippen LogP contribution in [-0.2, 0) is 11.3 Å². The summed E-state index contributed by atoms with van der Waals surface area (Å²) < 4.78 is 13.4. The molecular weight excluding hydrogens is 404 g/mol. The van der Waals surface area contributed by atoms with Gasteiger partial charge in [-0.1, -0.05) is 40.5 Å². The van der Waals surface area contributed by atoms with E-state index in [-0.39, 0.29) is 22.8 Å². The van der Waals surface area contributed by atoms with Gasteiger partial charge in [0.25, 0.3) is 5.91 Å². The Labute approximate surface area is 193 Å². The summed E-state index contributed by atoms with van der Waals surface area (Å²) in [7, 11) is 0. The van der Waals surface area contributed by atoms with E-state index >= 15 is 0 Å². The molecule has 1 aromatic rings. The molecule has 2 bridgehead atoms. The second-order valence-corrected chi connectivity index (χ2v) is 10.9. The first kappa shape index (κ1) is 23.6. The maximum Gasteiger partial charge on any atom is 0.272 e. The van der Waals surface area contributed by atoms with Crippen LogP contribution in [0.4, 0.5) is 0 Å². The summed E-state index contributed by atoms with van der Waals surface area (Å²) in [5, 5.41) is 8.07. The number of ether oxygens (including phenoxy) is 2. The molecule has 4 rings (SSSR count). The summed E-state index contributed by atoms with van der Waals surface area (Å²) in [6.45, 7) is 14.9. The second kappa shape index (κ2) is 9.72. The normalized spacial score (nSPS) is 29.4. The van der Waals surface area contributed by atoms with Crippen molar-refractivity contribution in [3.63, 3.8) is 0 Å². The van der Waals surface area contributed by atoms with Gasteiger partial charge >= 0.3 is 0 Å². The van der Waals surface area contributed by atoms with Gasteiger partial charge in [0, 0.05) is 31.7 Å². The van der Waals surface area contributed by atoms with Crippen molar-refractivity contribution in [3.05, 3.63) is 11.8 Å². The highest BCUT2D eigenvalue weighted by atomic mass is 16.5. The number of morpholine rings is 1. The van der Waals surface area contributed by atoms with Crippen LogP contribution in [0.15, 0.2) is 6.07 Å². The van der Waals surface area contributed by atoms with Crippen molar-refractivity contribution in [1.82, 2.24) is 20.0 Å². The molecule has 3 fully saturated rings. The Balaban J connectivity index is 1.44. The largest absolute Gasteiger partial charge is 0.478 e. The zero-order valence-electron chi connectivity index (χ0n) is 20.5. The van der Waals surface area contributed by atoms with Crippen molar-refractivity contribution >= 4 is 5.91 Å². The lowest BCUT2D eigenvalue weighted by Crippen LogP contribution is -2.52. The van der Waals surface area contributed by atoms with E-state index in [0.717, 1.165) is 52.1 Å². The van der Waals surface area contributed by atoms with Gasteiger partial charge in [0.05, 0.1) is 26.4 Å². The minimum absolute atomic E-state index is 0.0691. The lowest BCUT2D eigenvalue weighted by molar-refractivity contribution is 0.0356. The van der Waals surface area contributed by atoms with Gasteiger partial charge in [0.15, 0.2) is 5.69 Å². The Kier molecular flexibility index (Phi) is 7.15. The smallest absolute Gasteiger partial charge is 0.272 e. The van der Waals surface area contributed by atoms with Gasteiger partial charge in [0.2, 0.25) is 5.88 Å². The molecule has 2 saturated carbocycles. The number of fused-ring (bicyclic) bond motifs is 2. The average molecular weight is 447 g/mol. The van der Waals surface area contributed by atoms with Gasteiger partial charge in [-0.05, 0) is 42.4 Å². The number of aromatic nitrogens is 2. The fourth-order valence-electron chi connectivity index (χ4n) is 6.24. The summed E-state index contributed by atoms with van der Waals surface area (Å²) in [5.41, 5.74) is 0.795. The van der Waals surface area contributed by atoms with E-state index in [0.29, 0.717) is 30.6 Å². The topological polar surface area (TPSA) is 68.6 Å². The Morgan fingerprint density at radius 1 is 1.25 bits per heavy atom. The number of amides is 1. The predicted octanol–water partition coefficient (Wildman–Crippen LogP) is 3.73. The first-order valence-corrected chi connectivity index (χ1v) is 12.6. The lowest BCUT2D eigenvalue weighted by Gasteiger charge is -2.42. The molecule has 0 radical (unpaired) electrons. The molecule has 1 amide bonds. The van der Waals surface area contributed by atoms with Gasteiger partial charge in [-0.3, -0.25) is 9.69 Å².